The third-order valence-electron chi connectivity index (χ3n) is 4.64. The van der Waals surface area contributed by atoms with Crippen LogP contribution in [-0.2, 0) is 10.2 Å². The zero-order valence-electron chi connectivity index (χ0n) is 14.3. The number of rotatable bonds is 6. The van der Waals surface area contributed by atoms with Crippen molar-refractivity contribution in [3.63, 3.8) is 0 Å². The Bertz CT molecular complexity index is 542. The lowest BCUT2D eigenvalue weighted by atomic mass is 9.76. The van der Waals surface area contributed by atoms with E-state index < -0.39 is 0 Å². The molecule has 0 aromatic heterocycles. The molecular formula is C18H27N3O2. The standard InChI is InChI=1S/C18H27N3O2/c1-4-15(18(2,3)14-9-6-5-7-10-14)20-16(22)13-21-12-8-11-19-17(21)23/h5-7,9-10,15H,4,8,11-13H2,1-3H3,(H,19,23)(H,20,22)/t15-/m0/s1. The van der Waals surface area contributed by atoms with E-state index in [1.54, 1.807) is 4.90 Å². The van der Waals surface area contributed by atoms with Crippen LogP contribution in [0.3, 0.4) is 0 Å². The zero-order chi connectivity index (χ0) is 16.9. The van der Waals surface area contributed by atoms with Gasteiger partial charge < -0.3 is 15.5 Å². The van der Waals surface area contributed by atoms with Gasteiger partial charge in [-0.1, -0.05) is 51.1 Å². The molecule has 5 nitrogen and oxygen atoms in total. The van der Waals surface area contributed by atoms with Gasteiger partial charge in [0.1, 0.15) is 6.54 Å². The van der Waals surface area contributed by atoms with E-state index in [9.17, 15) is 9.59 Å². The first-order chi connectivity index (χ1) is 10.9. The lowest BCUT2D eigenvalue weighted by molar-refractivity contribution is -0.123. The number of urea groups is 1. The summed E-state index contributed by atoms with van der Waals surface area (Å²) in [4.78, 5) is 25.7. The smallest absolute Gasteiger partial charge is 0.317 e. The van der Waals surface area contributed by atoms with Gasteiger partial charge >= 0.3 is 6.03 Å². The first-order valence-electron chi connectivity index (χ1n) is 8.32. The Kier molecular flexibility index (Phi) is 5.64. The van der Waals surface area contributed by atoms with Crippen LogP contribution in [0.2, 0.25) is 0 Å². The van der Waals surface area contributed by atoms with E-state index >= 15 is 0 Å². The quantitative estimate of drug-likeness (QED) is 0.845. The van der Waals surface area contributed by atoms with Crippen molar-refractivity contribution in [2.75, 3.05) is 19.6 Å². The summed E-state index contributed by atoms with van der Waals surface area (Å²) >= 11 is 0. The molecule has 0 radical (unpaired) electrons. The number of nitrogens with zero attached hydrogens (tertiary/aromatic N) is 1. The topological polar surface area (TPSA) is 61.4 Å². The summed E-state index contributed by atoms with van der Waals surface area (Å²) < 4.78 is 0. The van der Waals surface area contributed by atoms with E-state index in [-0.39, 0.29) is 29.9 Å². The summed E-state index contributed by atoms with van der Waals surface area (Å²) in [5, 5.41) is 5.88. The molecule has 23 heavy (non-hydrogen) atoms. The molecule has 0 unspecified atom stereocenters. The molecule has 1 atom stereocenters. The molecule has 0 aliphatic carbocycles. The lowest BCUT2D eigenvalue weighted by Crippen LogP contribution is -2.53. The summed E-state index contributed by atoms with van der Waals surface area (Å²) in [5.74, 6) is -0.0992. The van der Waals surface area contributed by atoms with Gasteiger partial charge in [-0.2, -0.15) is 0 Å². The molecule has 0 spiro atoms. The van der Waals surface area contributed by atoms with Crippen molar-refractivity contribution in [1.82, 2.24) is 15.5 Å². The van der Waals surface area contributed by atoms with Crippen LogP contribution in [0.15, 0.2) is 30.3 Å². The second-order valence-corrected chi connectivity index (χ2v) is 6.62. The van der Waals surface area contributed by atoms with Gasteiger partial charge in [0.15, 0.2) is 0 Å². The Labute approximate surface area is 138 Å². The minimum atomic E-state index is -0.171. The van der Waals surface area contributed by atoms with Gasteiger partial charge in [-0.15, -0.1) is 0 Å². The highest BCUT2D eigenvalue weighted by Crippen LogP contribution is 2.28. The van der Waals surface area contributed by atoms with E-state index in [2.05, 4.69) is 43.5 Å². The molecule has 1 aromatic carbocycles. The van der Waals surface area contributed by atoms with E-state index in [4.69, 9.17) is 0 Å². The lowest BCUT2D eigenvalue weighted by Gasteiger charge is -2.36. The highest BCUT2D eigenvalue weighted by molar-refractivity contribution is 5.84. The Morgan fingerprint density at radius 1 is 1.35 bits per heavy atom. The molecule has 1 aliphatic heterocycles. The third-order valence-corrected chi connectivity index (χ3v) is 4.64. The van der Waals surface area contributed by atoms with Crippen LogP contribution >= 0.6 is 0 Å². The van der Waals surface area contributed by atoms with Crippen molar-refractivity contribution >= 4 is 11.9 Å². The maximum absolute atomic E-state index is 12.4. The van der Waals surface area contributed by atoms with Gasteiger partial charge in [0.25, 0.3) is 0 Å². The predicted molar refractivity (Wildman–Crippen MR) is 91.3 cm³/mol. The van der Waals surface area contributed by atoms with E-state index in [0.717, 1.165) is 12.8 Å². The van der Waals surface area contributed by atoms with Crippen molar-refractivity contribution in [3.8, 4) is 0 Å². The minimum absolute atomic E-state index is 0.0188. The van der Waals surface area contributed by atoms with Crippen LogP contribution < -0.4 is 10.6 Å². The highest BCUT2D eigenvalue weighted by Gasteiger charge is 2.31. The van der Waals surface area contributed by atoms with Crippen molar-refractivity contribution in [2.24, 2.45) is 0 Å². The molecule has 126 valence electrons. The van der Waals surface area contributed by atoms with Crippen molar-refractivity contribution in [3.05, 3.63) is 35.9 Å². The average Bonchev–Trinajstić information content (AvgIpc) is 2.55. The molecule has 0 saturated carbocycles. The van der Waals surface area contributed by atoms with Gasteiger partial charge in [0.2, 0.25) is 5.91 Å². The number of carbonyl (C=O) groups excluding carboxylic acids is 2. The number of hydrogen-bond acceptors (Lipinski definition) is 2. The highest BCUT2D eigenvalue weighted by atomic mass is 16.2. The number of nitrogens with one attached hydrogen (secondary N) is 2. The summed E-state index contributed by atoms with van der Waals surface area (Å²) in [6, 6.07) is 10.1. The first kappa shape index (κ1) is 17.3. The molecular weight excluding hydrogens is 290 g/mol. The Morgan fingerprint density at radius 3 is 2.65 bits per heavy atom. The SMILES string of the molecule is CC[C@H](NC(=O)CN1CCCNC1=O)C(C)(C)c1ccccc1. The summed E-state index contributed by atoms with van der Waals surface area (Å²) in [6.45, 7) is 7.80. The fourth-order valence-electron chi connectivity index (χ4n) is 3.10. The second kappa shape index (κ2) is 7.49. The van der Waals surface area contributed by atoms with Crippen LogP contribution in [0.5, 0.6) is 0 Å². The number of benzene rings is 1. The van der Waals surface area contributed by atoms with Crippen molar-refractivity contribution in [1.29, 1.82) is 0 Å². The molecule has 1 aliphatic rings. The van der Waals surface area contributed by atoms with Crippen LogP contribution in [0, 0.1) is 0 Å². The van der Waals surface area contributed by atoms with Crippen LogP contribution in [-0.4, -0.2) is 42.5 Å². The van der Waals surface area contributed by atoms with Crippen molar-refractivity contribution < 1.29 is 9.59 Å². The third kappa shape index (κ3) is 4.24. The van der Waals surface area contributed by atoms with Gasteiger partial charge in [0.05, 0.1) is 0 Å². The summed E-state index contributed by atoms with van der Waals surface area (Å²) in [5.41, 5.74) is 1.03. The molecule has 1 heterocycles. The van der Waals surface area contributed by atoms with E-state index in [0.29, 0.717) is 13.1 Å². The normalized spacial score (nSPS) is 16.7. The largest absolute Gasteiger partial charge is 0.351 e. The zero-order valence-corrected chi connectivity index (χ0v) is 14.3. The average molecular weight is 317 g/mol. The molecule has 3 amide bonds. The second-order valence-electron chi connectivity index (χ2n) is 6.62. The molecule has 1 saturated heterocycles. The van der Waals surface area contributed by atoms with Crippen LogP contribution in [0.25, 0.3) is 0 Å². The summed E-state index contributed by atoms with van der Waals surface area (Å²) in [6.07, 6.45) is 1.71. The fourth-order valence-corrected chi connectivity index (χ4v) is 3.10. The monoisotopic (exact) mass is 317 g/mol. The van der Waals surface area contributed by atoms with Gasteiger partial charge in [-0.25, -0.2) is 4.79 Å². The number of amides is 3. The fraction of sp³-hybridized carbons (Fsp3) is 0.556. The van der Waals surface area contributed by atoms with Gasteiger partial charge in [-0.05, 0) is 18.4 Å². The number of carbonyl (C=O) groups is 2. The molecule has 1 aromatic rings. The van der Waals surface area contributed by atoms with Gasteiger partial charge in [-0.3, -0.25) is 4.79 Å². The maximum Gasteiger partial charge on any atom is 0.317 e. The predicted octanol–water partition coefficient (Wildman–Crippen LogP) is 2.27. The minimum Gasteiger partial charge on any atom is -0.351 e. The van der Waals surface area contributed by atoms with E-state index in [1.807, 2.05) is 18.2 Å². The molecule has 5 heteroatoms. The van der Waals surface area contributed by atoms with Crippen LogP contribution in [0.1, 0.15) is 39.2 Å². The Hall–Kier alpha value is -2.04. The first-order valence-corrected chi connectivity index (χ1v) is 8.32. The molecule has 1 fully saturated rings. The molecule has 2 rings (SSSR count). The van der Waals surface area contributed by atoms with Crippen molar-refractivity contribution in [2.45, 2.75) is 45.1 Å². The Morgan fingerprint density at radius 2 is 2.04 bits per heavy atom. The summed E-state index contributed by atoms with van der Waals surface area (Å²) in [7, 11) is 0. The van der Waals surface area contributed by atoms with Gasteiger partial charge in [0, 0.05) is 24.5 Å². The molecule has 2 N–H and O–H groups in total. The Balaban J connectivity index is 2.01. The van der Waals surface area contributed by atoms with E-state index in [1.165, 1.54) is 5.56 Å². The number of hydrogen-bond donors (Lipinski definition) is 2. The maximum atomic E-state index is 12.4. The molecule has 0 bridgehead atoms. The van der Waals surface area contributed by atoms with Crippen LogP contribution in [0.4, 0.5) is 4.79 Å².